The maximum absolute atomic E-state index is 13.3. The fourth-order valence-corrected chi connectivity index (χ4v) is 5.48. The van der Waals surface area contributed by atoms with Crippen molar-refractivity contribution in [1.82, 2.24) is 9.62 Å². The van der Waals surface area contributed by atoms with E-state index in [2.05, 4.69) is 10.6 Å². The molecule has 2 aromatic carbocycles. The molecule has 0 bridgehead atoms. The number of carbonyl (C=O) groups excluding carboxylic acids is 2. The monoisotopic (exact) mass is 445 g/mol. The fraction of sp³-hybridized carbons (Fsp3) is 0.333. The van der Waals surface area contributed by atoms with Crippen molar-refractivity contribution < 1.29 is 27.5 Å². The molecular weight excluding hydrogens is 422 g/mol. The van der Waals surface area contributed by atoms with Crippen LogP contribution < -0.4 is 20.1 Å². The summed E-state index contributed by atoms with van der Waals surface area (Å²) in [4.78, 5) is 24.4. The van der Waals surface area contributed by atoms with Crippen LogP contribution in [-0.4, -0.2) is 50.8 Å². The van der Waals surface area contributed by atoms with E-state index in [9.17, 15) is 18.0 Å². The normalized spacial score (nSPS) is 18.6. The highest BCUT2D eigenvalue weighted by atomic mass is 32.2. The van der Waals surface area contributed by atoms with E-state index >= 15 is 0 Å². The highest BCUT2D eigenvalue weighted by Crippen LogP contribution is 2.33. The minimum atomic E-state index is -3.94. The minimum Gasteiger partial charge on any atom is -0.496 e. The van der Waals surface area contributed by atoms with Crippen molar-refractivity contribution in [2.45, 2.75) is 30.3 Å². The van der Waals surface area contributed by atoms with Crippen LogP contribution in [-0.2, 0) is 26.2 Å². The summed E-state index contributed by atoms with van der Waals surface area (Å²) in [5.41, 5.74) is 1.10. The standard InChI is InChI=1S/C21H23N3O6S/c1-29-18-7-3-2-5-14(18)12-22-21(26)17-6-4-10-24(17)31(27,28)15-8-9-19-16(11-15)23-20(25)13-30-19/h2-3,5,7-9,11,17H,4,6,10,12-13H2,1H3,(H,22,26)(H,23,25)/t17-/m0/s1. The molecule has 31 heavy (non-hydrogen) atoms. The first-order valence-electron chi connectivity index (χ1n) is 9.88. The number of methoxy groups -OCH3 is 1. The minimum absolute atomic E-state index is 0.00137. The number of carbonyl (C=O) groups is 2. The number of benzene rings is 2. The molecule has 2 aromatic rings. The Bertz CT molecular complexity index is 1120. The van der Waals surface area contributed by atoms with Gasteiger partial charge in [0.2, 0.25) is 15.9 Å². The summed E-state index contributed by atoms with van der Waals surface area (Å²) < 4.78 is 38.3. The van der Waals surface area contributed by atoms with E-state index in [1.54, 1.807) is 13.2 Å². The zero-order chi connectivity index (χ0) is 22.0. The third kappa shape index (κ3) is 4.21. The Morgan fingerprint density at radius 1 is 1.29 bits per heavy atom. The lowest BCUT2D eigenvalue weighted by Crippen LogP contribution is -2.45. The van der Waals surface area contributed by atoms with Crippen molar-refractivity contribution in [1.29, 1.82) is 0 Å². The fourth-order valence-electron chi connectivity index (χ4n) is 3.80. The van der Waals surface area contributed by atoms with Crippen molar-refractivity contribution in [2.24, 2.45) is 0 Å². The lowest BCUT2D eigenvalue weighted by Gasteiger charge is -2.25. The van der Waals surface area contributed by atoms with Gasteiger partial charge in [-0.1, -0.05) is 18.2 Å². The van der Waals surface area contributed by atoms with Gasteiger partial charge in [0.1, 0.15) is 17.5 Å². The SMILES string of the molecule is COc1ccccc1CNC(=O)[C@@H]1CCCN1S(=O)(=O)c1ccc2c(c1)NC(=O)CO2. The van der Waals surface area contributed by atoms with E-state index in [1.165, 1.54) is 22.5 Å². The van der Waals surface area contributed by atoms with Crippen molar-refractivity contribution in [3.63, 3.8) is 0 Å². The quantitative estimate of drug-likeness (QED) is 0.697. The topological polar surface area (TPSA) is 114 Å². The second kappa shape index (κ2) is 8.56. The van der Waals surface area contributed by atoms with E-state index < -0.39 is 16.1 Å². The van der Waals surface area contributed by atoms with Crippen LogP contribution >= 0.6 is 0 Å². The summed E-state index contributed by atoms with van der Waals surface area (Å²) in [7, 11) is -2.39. The molecule has 10 heteroatoms. The molecule has 164 valence electrons. The van der Waals surface area contributed by atoms with Crippen molar-refractivity contribution >= 4 is 27.5 Å². The van der Waals surface area contributed by atoms with Crippen LogP contribution in [0.3, 0.4) is 0 Å². The van der Waals surface area contributed by atoms with Crippen LogP contribution in [0.4, 0.5) is 5.69 Å². The number of para-hydroxylation sites is 1. The molecule has 0 unspecified atom stereocenters. The molecule has 4 rings (SSSR count). The molecule has 0 saturated carbocycles. The van der Waals surface area contributed by atoms with Gasteiger partial charge in [0.25, 0.3) is 5.91 Å². The molecule has 0 aliphatic carbocycles. The lowest BCUT2D eigenvalue weighted by atomic mass is 10.2. The van der Waals surface area contributed by atoms with E-state index in [-0.39, 0.29) is 36.4 Å². The van der Waals surface area contributed by atoms with Crippen molar-refractivity contribution in [3.8, 4) is 11.5 Å². The molecule has 1 fully saturated rings. The average molecular weight is 445 g/mol. The first kappa shape index (κ1) is 21.1. The van der Waals surface area contributed by atoms with Gasteiger partial charge in [0.05, 0.1) is 17.7 Å². The van der Waals surface area contributed by atoms with Crippen LogP contribution in [0.25, 0.3) is 0 Å². The summed E-state index contributed by atoms with van der Waals surface area (Å²) in [5.74, 6) is 0.349. The van der Waals surface area contributed by atoms with Gasteiger partial charge in [-0.25, -0.2) is 8.42 Å². The van der Waals surface area contributed by atoms with Crippen molar-refractivity contribution in [2.75, 3.05) is 25.6 Å². The third-order valence-electron chi connectivity index (χ3n) is 5.34. The number of sulfonamides is 1. The smallest absolute Gasteiger partial charge is 0.262 e. The van der Waals surface area contributed by atoms with Crippen molar-refractivity contribution in [3.05, 3.63) is 48.0 Å². The van der Waals surface area contributed by atoms with Crippen LogP contribution in [0.1, 0.15) is 18.4 Å². The number of nitrogens with one attached hydrogen (secondary N) is 2. The Morgan fingerprint density at radius 3 is 2.90 bits per heavy atom. The number of hydrogen-bond acceptors (Lipinski definition) is 6. The lowest BCUT2D eigenvalue weighted by molar-refractivity contribution is -0.124. The molecule has 0 spiro atoms. The molecule has 9 nitrogen and oxygen atoms in total. The molecule has 1 saturated heterocycles. The highest BCUT2D eigenvalue weighted by molar-refractivity contribution is 7.89. The number of fused-ring (bicyclic) bond motifs is 1. The Kier molecular flexibility index (Phi) is 5.84. The molecule has 2 heterocycles. The highest BCUT2D eigenvalue weighted by Gasteiger charge is 2.39. The number of hydrogen-bond donors (Lipinski definition) is 2. The zero-order valence-corrected chi connectivity index (χ0v) is 17.8. The number of ether oxygens (including phenoxy) is 2. The third-order valence-corrected chi connectivity index (χ3v) is 7.25. The number of amides is 2. The van der Waals surface area contributed by atoms with E-state index in [4.69, 9.17) is 9.47 Å². The molecule has 2 N–H and O–H groups in total. The molecule has 2 aliphatic rings. The maximum atomic E-state index is 13.3. The van der Waals surface area contributed by atoms with E-state index in [1.807, 2.05) is 18.2 Å². The second-order valence-corrected chi connectivity index (χ2v) is 9.19. The Balaban J connectivity index is 1.51. The molecule has 0 aromatic heterocycles. The van der Waals surface area contributed by atoms with Gasteiger partial charge in [-0.05, 0) is 37.1 Å². The number of rotatable bonds is 6. The summed E-state index contributed by atoms with van der Waals surface area (Å²) in [6.07, 6.45) is 1.01. The van der Waals surface area contributed by atoms with Gasteiger partial charge >= 0.3 is 0 Å². The summed E-state index contributed by atoms with van der Waals surface area (Å²) in [6, 6.07) is 10.8. The van der Waals surface area contributed by atoms with Gasteiger partial charge in [-0.2, -0.15) is 4.31 Å². The van der Waals surface area contributed by atoms with Crippen LogP contribution in [0.5, 0.6) is 11.5 Å². The summed E-state index contributed by atoms with van der Waals surface area (Å²) in [5, 5.41) is 5.43. The van der Waals surface area contributed by atoms with E-state index in [0.29, 0.717) is 30.0 Å². The van der Waals surface area contributed by atoms with Gasteiger partial charge < -0.3 is 20.1 Å². The second-order valence-electron chi connectivity index (χ2n) is 7.30. The summed E-state index contributed by atoms with van der Waals surface area (Å²) in [6.45, 7) is 0.365. The number of anilines is 1. The predicted molar refractivity (Wildman–Crippen MR) is 112 cm³/mol. The Morgan fingerprint density at radius 2 is 2.10 bits per heavy atom. The Labute approximate surface area is 180 Å². The van der Waals surface area contributed by atoms with Gasteiger partial charge in [0.15, 0.2) is 6.61 Å². The van der Waals surface area contributed by atoms with E-state index in [0.717, 1.165) is 5.56 Å². The molecule has 2 aliphatic heterocycles. The Hall–Kier alpha value is -3.11. The van der Waals surface area contributed by atoms with Crippen LogP contribution in [0.15, 0.2) is 47.4 Å². The summed E-state index contributed by atoms with van der Waals surface area (Å²) >= 11 is 0. The predicted octanol–water partition coefficient (Wildman–Crippen LogP) is 1.50. The van der Waals surface area contributed by atoms with Gasteiger partial charge in [0, 0.05) is 18.7 Å². The van der Waals surface area contributed by atoms with Crippen LogP contribution in [0, 0.1) is 0 Å². The van der Waals surface area contributed by atoms with Gasteiger partial charge in [-0.15, -0.1) is 0 Å². The number of nitrogens with zero attached hydrogens (tertiary/aromatic N) is 1. The largest absolute Gasteiger partial charge is 0.496 e. The van der Waals surface area contributed by atoms with Crippen LogP contribution in [0.2, 0.25) is 0 Å². The first-order chi connectivity index (χ1) is 14.9. The molecule has 1 atom stereocenters. The first-order valence-corrected chi connectivity index (χ1v) is 11.3. The molecule has 2 amide bonds. The molecular formula is C21H23N3O6S. The average Bonchev–Trinajstić information content (AvgIpc) is 3.28. The molecule has 0 radical (unpaired) electrons. The maximum Gasteiger partial charge on any atom is 0.262 e. The zero-order valence-electron chi connectivity index (χ0n) is 17.0. The van der Waals surface area contributed by atoms with Gasteiger partial charge in [-0.3, -0.25) is 9.59 Å².